The molecule has 2 aromatic heterocycles. The first-order valence-corrected chi connectivity index (χ1v) is 17.6. The molecule has 2 nitrogen and oxygen atoms in total. The molecular weight excluding hydrogens is 625 g/mol. The van der Waals surface area contributed by atoms with Gasteiger partial charge in [-0.1, -0.05) is 0 Å². The second-order valence-electron chi connectivity index (χ2n) is 12.9. The van der Waals surface area contributed by atoms with Crippen LogP contribution in [0.4, 0.5) is 17.1 Å². The van der Waals surface area contributed by atoms with Gasteiger partial charge < -0.3 is 0 Å². The molecule has 0 unspecified atom stereocenters. The summed E-state index contributed by atoms with van der Waals surface area (Å²) in [5, 5.41) is 7.73. The van der Waals surface area contributed by atoms with Gasteiger partial charge in [0, 0.05) is 0 Å². The average molecular weight is 655 g/mol. The van der Waals surface area contributed by atoms with Gasteiger partial charge in [-0.05, 0) is 0 Å². The van der Waals surface area contributed by atoms with Gasteiger partial charge in [-0.3, -0.25) is 0 Å². The first-order valence-electron chi connectivity index (χ1n) is 15.9. The van der Waals surface area contributed by atoms with E-state index in [1.165, 1.54) is 63.7 Å². The number of anilines is 3. The summed E-state index contributed by atoms with van der Waals surface area (Å²) in [5.41, 5.74) is 10.6. The van der Waals surface area contributed by atoms with Crippen LogP contribution >= 0.6 is 0 Å². The Kier molecular flexibility index (Phi) is 5.39. The molecule has 3 heteroatoms. The van der Waals surface area contributed by atoms with E-state index in [-0.39, 0.29) is 19.9 Å². The van der Waals surface area contributed by atoms with Crippen molar-refractivity contribution in [3.05, 3.63) is 151 Å². The molecule has 0 atom stereocenters. The van der Waals surface area contributed by atoms with Gasteiger partial charge in [-0.2, -0.15) is 0 Å². The number of para-hydroxylation sites is 1. The maximum absolute atomic E-state index is 6.26. The van der Waals surface area contributed by atoms with E-state index >= 15 is 0 Å². The molecule has 0 N–H and O–H groups in total. The Morgan fingerprint density at radius 2 is 1.26 bits per heavy atom. The second kappa shape index (κ2) is 9.47. The Bertz CT molecular complexity index is 2690. The molecule has 0 amide bonds. The fourth-order valence-corrected chi connectivity index (χ4v) is 10.6. The van der Waals surface area contributed by atoms with E-state index in [1.54, 1.807) is 0 Å². The van der Waals surface area contributed by atoms with Crippen molar-refractivity contribution in [2.45, 2.75) is 19.3 Å². The third-order valence-corrected chi connectivity index (χ3v) is 12.5. The predicted molar refractivity (Wildman–Crippen MR) is 195 cm³/mol. The second-order valence-corrected chi connectivity index (χ2v) is 15.1. The van der Waals surface area contributed by atoms with E-state index in [0.717, 1.165) is 27.6 Å². The van der Waals surface area contributed by atoms with Gasteiger partial charge in [0.25, 0.3) is 0 Å². The monoisotopic (exact) mass is 655 g/mol. The fraction of sp³-hybridized carbons (Fsp3) is 0.0698. The summed E-state index contributed by atoms with van der Waals surface area (Å²) >= 11 is 0.214. The van der Waals surface area contributed by atoms with Crippen LogP contribution < -0.4 is 4.90 Å². The molecular formula is C43H29NOSe. The Balaban J connectivity index is 1.26. The Hall–Kier alpha value is -5.08. The van der Waals surface area contributed by atoms with Crippen molar-refractivity contribution >= 4 is 83.6 Å². The zero-order chi connectivity index (χ0) is 30.6. The third-order valence-electron chi connectivity index (χ3n) is 10.0. The van der Waals surface area contributed by atoms with E-state index in [9.17, 15) is 0 Å². The SMILES string of the molecule is CC1(C)c2ccccc2-c2cccc(N(c3ccc4c(c3)[se]c3c5ccccc5ccc43)c3ccc4oc5ccccc5c4c3)c21. The minimum atomic E-state index is -0.150. The van der Waals surface area contributed by atoms with Gasteiger partial charge >= 0.3 is 274 Å². The van der Waals surface area contributed by atoms with Crippen LogP contribution in [-0.2, 0) is 5.41 Å². The van der Waals surface area contributed by atoms with E-state index in [2.05, 4.69) is 152 Å². The van der Waals surface area contributed by atoms with Crippen LogP contribution in [0.25, 0.3) is 63.1 Å². The van der Waals surface area contributed by atoms with Gasteiger partial charge in [-0.25, -0.2) is 0 Å². The summed E-state index contributed by atoms with van der Waals surface area (Å²) in [5.74, 6) is 0. The topological polar surface area (TPSA) is 16.4 Å². The van der Waals surface area contributed by atoms with Crippen LogP contribution in [0.1, 0.15) is 25.0 Å². The zero-order valence-electron chi connectivity index (χ0n) is 25.5. The molecule has 7 aromatic carbocycles. The van der Waals surface area contributed by atoms with E-state index in [1.807, 2.05) is 6.07 Å². The molecule has 9 aromatic rings. The molecule has 0 saturated carbocycles. The first-order chi connectivity index (χ1) is 22.6. The van der Waals surface area contributed by atoms with Crippen molar-refractivity contribution < 1.29 is 4.42 Å². The van der Waals surface area contributed by atoms with Crippen LogP contribution in [0.5, 0.6) is 0 Å². The predicted octanol–water partition coefficient (Wildman–Crippen LogP) is 11.9. The molecule has 0 spiro atoms. The summed E-state index contributed by atoms with van der Waals surface area (Å²) in [7, 11) is 0. The molecule has 0 fully saturated rings. The summed E-state index contributed by atoms with van der Waals surface area (Å²) < 4.78 is 9.19. The van der Waals surface area contributed by atoms with E-state index in [0.29, 0.717) is 0 Å². The van der Waals surface area contributed by atoms with Crippen molar-refractivity contribution in [1.29, 1.82) is 0 Å². The number of nitrogens with zero attached hydrogens (tertiary/aromatic N) is 1. The van der Waals surface area contributed by atoms with E-state index in [4.69, 9.17) is 4.42 Å². The average Bonchev–Trinajstić information content (AvgIpc) is 3.73. The number of hydrogen-bond acceptors (Lipinski definition) is 2. The van der Waals surface area contributed by atoms with Gasteiger partial charge in [0.1, 0.15) is 0 Å². The van der Waals surface area contributed by atoms with Crippen molar-refractivity contribution in [3.63, 3.8) is 0 Å². The van der Waals surface area contributed by atoms with Crippen molar-refractivity contribution in [3.8, 4) is 11.1 Å². The summed E-state index contributed by atoms with van der Waals surface area (Å²) in [4.78, 5) is 2.49. The summed E-state index contributed by atoms with van der Waals surface area (Å²) in [6.07, 6.45) is 0. The van der Waals surface area contributed by atoms with Crippen LogP contribution in [-0.4, -0.2) is 14.5 Å². The Morgan fingerprint density at radius 1 is 0.543 bits per heavy atom. The molecule has 2 heterocycles. The van der Waals surface area contributed by atoms with Gasteiger partial charge in [0.15, 0.2) is 0 Å². The third kappa shape index (κ3) is 3.59. The van der Waals surface area contributed by atoms with Gasteiger partial charge in [0.2, 0.25) is 0 Å². The van der Waals surface area contributed by atoms with Crippen LogP contribution in [0, 0.1) is 0 Å². The molecule has 1 aliphatic carbocycles. The number of hydrogen-bond donors (Lipinski definition) is 0. The minimum absolute atomic E-state index is 0.150. The number of benzene rings is 7. The van der Waals surface area contributed by atoms with E-state index < -0.39 is 0 Å². The Morgan fingerprint density at radius 3 is 2.20 bits per heavy atom. The van der Waals surface area contributed by atoms with Crippen LogP contribution in [0.15, 0.2) is 144 Å². The Labute approximate surface area is 272 Å². The maximum atomic E-state index is 6.26. The van der Waals surface area contributed by atoms with Crippen LogP contribution in [0.2, 0.25) is 0 Å². The quantitative estimate of drug-likeness (QED) is 0.176. The van der Waals surface area contributed by atoms with Crippen molar-refractivity contribution in [1.82, 2.24) is 0 Å². The molecule has 46 heavy (non-hydrogen) atoms. The molecule has 218 valence electrons. The zero-order valence-corrected chi connectivity index (χ0v) is 27.3. The molecule has 0 aliphatic heterocycles. The molecule has 0 radical (unpaired) electrons. The standard InChI is InChI=1S/C43H29NOSe/c1-43(2)36-15-7-5-12-30(36)33-14-9-16-37(41(33)43)44(27-20-23-39-35(24-27)31-13-6-8-17-38(31)45-39)28-19-22-32-34-21-18-26-10-3-4-11-29(26)42(34)46-40(32)25-28/h3-25H,1-2H3. The number of fused-ring (bicyclic) bond motifs is 11. The first kappa shape index (κ1) is 26.2. The van der Waals surface area contributed by atoms with Crippen molar-refractivity contribution in [2.75, 3.05) is 4.90 Å². The summed E-state index contributed by atoms with van der Waals surface area (Å²) in [6.45, 7) is 4.75. The van der Waals surface area contributed by atoms with Gasteiger partial charge in [-0.15, -0.1) is 0 Å². The van der Waals surface area contributed by atoms with Crippen LogP contribution in [0.3, 0.4) is 0 Å². The molecule has 0 saturated heterocycles. The van der Waals surface area contributed by atoms with Crippen molar-refractivity contribution in [2.24, 2.45) is 0 Å². The van der Waals surface area contributed by atoms with Gasteiger partial charge in [0.05, 0.1) is 0 Å². The number of furan rings is 1. The fourth-order valence-electron chi connectivity index (χ4n) is 7.92. The summed E-state index contributed by atoms with van der Waals surface area (Å²) in [6, 6.07) is 51.3. The number of rotatable bonds is 3. The normalized spacial score (nSPS) is 13.6. The molecule has 1 aliphatic rings. The molecule has 0 bridgehead atoms. The molecule has 10 rings (SSSR count).